The summed E-state index contributed by atoms with van der Waals surface area (Å²) in [4.78, 5) is 0. The predicted octanol–water partition coefficient (Wildman–Crippen LogP) is 4.03. The molecule has 3 rings (SSSR count). The van der Waals surface area contributed by atoms with Crippen molar-refractivity contribution < 1.29 is 0 Å². The van der Waals surface area contributed by atoms with Crippen LogP contribution in [0.25, 0.3) is 0 Å². The summed E-state index contributed by atoms with van der Waals surface area (Å²) in [6.07, 6.45) is 3.55. The summed E-state index contributed by atoms with van der Waals surface area (Å²) in [6, 6.07) is 12.0. The smallest absolute Gasteiger partial charge is 0.0725 e. The number of halogens is 2. The summed E-state index contributed by atoms with van der Waals surface area (Å²) >= 11 is 12.4. The van der Waals surface area contributed by atoms with E-state index in [1.807, 2.05) is 12.1 Å². The second kappa shape index (κ2) is 5.74. The minimum Gasteiger partial charge on any atom is -0.271 e. The number of aryl methyl sites for hydroxylation is 2. The van der Waals surface area contributed by atoms with E-state index in [4.69, 9.17) is 29.0 Å². The molecule has 0 heterocycles. The summed E-state index contributed by atoms with van der Waals surface area (Å²) in [5, 5.41) is 1.10. The molecule has 2 nitrogen and oxygen atoms in total. The van der Waals surface area contributed by atoms with E-state index in [2.05, 4.69) is 23.6 Å². The van der Waals surface area contributed by atoms with Crippen molar-refractivity contribution in [1.29, 1.82) is 0 Å². The van der Waals surface area contributed by atoms with Crippen molar-refractivity contribution in [2.24, 2.45) is 5.84 Å². The van der Waals surface area contributed by atoms with Crippen LogP contribution in [0, 0.1) is 0 Å². The predicted molar refractivity (Wildman–Crippen MR) is 84.1 cm³/mol. The average molecular weight is 307 g/mol. The number of hydrogen-bond donors (Lipinski definition) is 2. The van der Waals surface area contributed by atoms with Crippen molar-refractivity contribution in [1.82, 2.24) is 5.43 Å². The molecule has 1 aliphatic rings. The standard InChI is InChI=1S/C16H16Cl2N2/c17-14-6-2-5-13(15(14)18)16(20-19)12-8-7-10-3-1-4-11(10)9-12/h2,5-9,16,20H,1,3-4,19H2. The first-order chi connectivity index (χ1) is 9.70. The van der Waals surface area contributed by atoms with Gasteiger partial charge in [-0.15, -0.1) is 0 Å². The quantitative estimate of drug-likeness (QED) is 0.663. The molecule has 20 heavy (non-hydrogen) atoms. The van der Waals surface area contributed by atoms with E-state index < -0.39 is 0 Å². The molecule has 2 aromatic rings. The second-order valence-corrected chi connectivity index (χ2v) is 5.91. The maximum atomic E-state index is 6.31. The van der Waals surface area contributed by atoms with Crippen molar-refractivity contribution in [2.45, 2.75) is 25.3 Å². The first kappa shape index (κ1) is 13.9. The largest absolute Gasteiger partial charge is 0.271 e. The van der Waals surface area contributed by atoms with Crippen LogP contribution in [0.2, 0.25) is 10.0 Å². The zero-order chi connectivity index (χ0) is 14.1. The highest BCUT2D eigenvalue weighted by Crippen LogP contribution is 2.34. The average Bonchev–Trinajstić information content (AvgIpc) is 2.92. The molecule has 0 spiro atoms. The Morgan fingerprint density at radius 1 is 1.05 bits per heavy atom. The Bertz CT molecular complexity index is 640. The molecule has 4 heteroatoms. The highest BCUT2D eigenvalue weighted by molar-refractivity contribution is 6.42. The van der Waals surface area contributed by atoms with Gasteiger partial charge in [0.25, 0.3) is 0 Å². The fourth-order valence-electron chi connectivity index (χ4n) is 2.88. The molecule has 0 amide bonds. The van der Waals surface area contributed by atoms with E-state index in [1.165, 1.54) is 24.0 Å². The third-order valence-electron chi connectivity index (χ3n) is 3.92. The molecule has 1 unspecified atom stereocenters. The Morgan fingerprint density at radius 3 is 2.65 bits per heavy atom. The SMILES string of the molecule is NNC(c1ccc2c(c1)CCC2)c1cccc(Cl)c1Cl. The number of rotatable bonds is 3. The lowest BCUT2D eigenvalue weighted by molar-refractivity contribution is 0.636. The van der Waals surface area contributed by atoms with Gasteiger partial charge in [0.15, 0.2) is 0 Å². The van der Waals surface area contributed by atoms with E-state index >= 15 is 0 Å². The van der Waals surface area contributed by atoms with Gasteiger partial charge in [0, 0.05) is 0 Å². The number of fused-ring (bicyclic) bond motifs is 1. The van der Waals surface area contributed by atoms with Gasteiger partial charge in [-0.25, -0.2) is 5.43 Å². The molecule has 0 fully saturated rings. The van der Waals surface area contributed by atoms with Gasteiger partial charge in [-0.3, -0.25) is 5.84 Å². The summed E-state index contributed by atoms with van der Waals surface area (Å²) in [5.74, 6) is 5.75. The summed E-state index contributed by atoms with van der Waals surface area (Å²) in [7, 11) is 0. The lowest BCUT2D eigenvalue weighted by Gasteiger charge is -2.19. The van der Waals surface area contributed by atoms with Crippen LogP contribution in [0.1, 0.15) is 34.7 Å². The van der Waals surface area contributed by atoms with Gasteiger partial charge in [-0.2, -0.15) is 0 Å². The van der Waals surface area contributed by atoms with Crippen molar-refractivity contribution in [3.8, 4) is 0 Å². The van der Waals surface area contributed by atoms with Crippen LogP contribution in [0.15, 0.2) is 36.4 Å². The van der Waals surface area contributed by atoms with E-state index in [0.717, 1.165) is 17.5 Å². The lowest BCUT2D eigenvalue weighted by atomic mass is 9.96. The van der Waals surface area contributed by atoms with Gasteiger partial charge < -0.3 is 0 Å². The van der Waals surface area contributed by atoms with Gasteiger partial charge in [0.1, 0.15) is 0 Å². The third-order valence-corrected chi connectivity index (χ3v) is 4.75. The number of nitrogens with one attached hydrogen (secondary N) is 1. The van der Waals surface area contributed by atoms with Crippen molar-refractivity contribution in [3.63, 3.8) is 0 Å². The van der Waals surface area contributed by atoms with Gasteiger partial charge in [0.05, 0.1) is 16.1 Å². The highest BCUT2D eigenvalue weighted by atomic mass is 35.5. The number of nitrogens with two attached hydrogens (primary N) is 1. The maximum Gasteiger partial charge on any atom is 0.0725 e. The fraction of sp³-hybridized carbons (Fsp3) is 0.250. The Balaban J connectivity index is 2.03. The molecule has 1 aliphatic carbocycles. The van der Waals surface area contributed by atoms with Gasteiger partial charge >= 0.3 is 0 Å². The van der Waals surface area contributed by atoms with Crippen molar-refractivity contribution in [3.05, 3.63) is 68.7 Å². The zero-order valence-electron chi connectivity index (χ0n) is 11.0. The number of benzene rings is 2. The minimum absolute atomic E-state index is 0.146. The van der Waals surface area contributed by atoms with Gasteiger partial charge in [0.2, 0.25) is 0 Å². The van der Waals surface area contributed by atoms with Crippen molar-refractivity contribution >= 4 is 23.2 Å². The molecule has 1 atom stereocenters. The molecule has 0 saturated heterocycles. The Kier molecular flexibility index (Phi) is 3.99. The molecule has 0 saturated carbocycles. The highest BCUT2D eigenvalue weighted by Gasteiger charge is 2.19. The molecule has 0 bridgehead atoms. The Morgan fingerprint density at radius 2 is 1.85 bits per heavy atom. The maximum absolute atomic E-state index is 6.31. The number of hydrazine groups is 1. The number of hydrogen-bond acceptors (Lipinski definition) is 2. The first-order valence-electron chi connectivity index (χ1n) is 6.72. The molecule has 0 aliphatic heterocycles. The molecular formula is C16H16Cl2N2. The van der Waals surface area contributed by atoms with Crippen LogP contribution >= 0.6 is 23.2 Å². The lowest BCUT2D eigenvalue weighted by Crippen LogP contribution is -2.29. The van der Waals surface area contributed by atoms with Crippen LogP contribution in [0.4, 0.5) is 0 Å². The van der Waals surface area contributed by atoms with E-state index in [0.29, 0.717) is 10.0 Å². The minimum atomic E-state index is -0.146. The molecule has 0 aromatic heterocycles. The third kappa shape index (κ3) is 2.45. The van der Waals surface area contributed by atoms with Gasteiger partial charge in [-0.05, 0) is 47.6 Å². The zero-order valence-corrected chi connectivity index (χ0v) is 12.5. The van der Waals surface area contributed by atoms with E-state index in [-0.39, 0.29) is 6.04 Å². The molecule has 104 valence electrons. The second-order valence-electron chi connectivity index (χ2n) is 5.12. The van der Waals surface area contributed by atoms with Crippen LogP contribution in [-0.4, -0.2) is 0 Å². The Labute approximate surface area is 128 Å². The van der Waals surface area contributed by atoms with Crippen LogP contribution in [-0.2, 0) is 12.8 Å². The van der Waals surface area contributed by atoms with E-state index in [9.17, 15) is 0 Å². The first-order valence-corrected chi connectivity index (χ1v) is 7.48. The topological polar surface area (TPSA) is 38.0 Å². The van der Waals surface area contributed by atoms with Crippen LogP contribution in [0.3, 0.4) is 0 Å². The summed E-state index contributed by atoms with van der Waals surface area (Å²) in [5.41, 5.74) is 7.74. The Hall–Kier alpha value is -1.06. The van der Waals surface area contributed by atoms with Crippen LogP contribution in [0.5, 0.6) is 0 Å². The molecule has 2 aromatic carbocycles. The summed E-state index contributed by atoms with van der Waals surface area (Å²) in [6.45, 7) is 0. The van der Waals surface area contributed by atoms with Crippen molar-refractivity contribution in [2.75, 3.05) is 0 Å². The normalized spacial score (nSPS) is 15.2. The fourth-order valence-corrected chi connectivity index (χ4v) is 3.30. The monoisotopic (exact) mass is 306 g/mol. The molecule has 3 N–H and O–H groups in total. The molecular weight excluding hydrogens is 291 g/mol. The van der Waals surface area contributed by atoms with Gasteiger partial charge in [-0.1, -0.05) is 53.5 Å². The molecule has 0 radical (unpaired) electrons. The van der Waals surface area contributed by atoms with E-state index in [1.54, 1.807) is 6.07 Å². The summed E-state index contributed by atoms with van der Waals surface area (Å²) < 4.78 is 0. The van der Waals surface area contributed by atoms with Crippen LogP contribution < -0.4 is 11.3 Å².